The quantitative estimate of drug-likeness (QED) is 0.630. The number of nitro benzene ring substituents is 1. The molecule has 0 radical (unpaired) electrons. The van der Waals surface area contributed by atoms with Crippen LogP contribution in [0, 0.1) is 22.0 Å². The van der Waals surface area contributed by atoms with Crippen molar-refractivity contribution < 1.29 is 14.8 Å². The van der Waals surface area contributed by atoms with Crippen LogP contribution in [0.1, 0.15) is 19.4 Å². The van der Waals surface area contributed by atoms with Crippen LogP contribution in [0.4, 0.5) is 5.69 Å². The topological polar surface area (TPSA) is 80.4 Å². The van der Waals surface area contributed by atoms with E-state index < -0.39 is 16.8 Å². The molecule has 0 saturated heterocycles. The molecular weight excluding hydrogens is 222 g/mol. The van der Waals surface area contributed by atoms with E-state index in [1.807, 2.05) is 13.8 Å². The number of nitro groups is 1. The molecule has 0 aliphatic rings. The monoisotopic (exact) mass is 237 g/mol. The van der Waals surface area contributed by atoms with Crippen LogP contribution in [0.25, 0.3) is 0 Å². The van der Waals surface area contributed by atoms with Crippen molar-refractivity contribution in [3.8, 4) is 0 Å². The van der Waals surface area contributed by atoms with E-state index in [0.29, 0.717) is 6.42 Å². The molecular formula is C12H15NO4. The smallest absolute Gasteiger partial charge is 0.307 e. The Bertz CT molecular complexity index is 411. The summed E-state index contributed by atoms with van der Waals surface area (Å²) in [7, 11) is 0. The van der Waals surface area contributed by atoms with E-state index in [0.717, 1.165) is 5.56 Å². The molecule has 17 heavy (non-hydrogen) atoms. The molecule has 0 aliphatic heterocycles. The average molecular weight is 237 g/mol. The van der Waals surface area contributed by atoms with Crippen LogP contribution in [-0.2, 0) is 11.2 Å². The number of non-ortho nitro benzene ring substituents is 1. The van der Waals surface area contributed by atoms with Crippen LogP contribution in [0.15, 0.2) is 24.3 Å². The van der Waals surface area contributed by atoms with Crippen molar-refractivity contribution in [2.24, 2.45) is 11.8 Å². The average Bonchev–Trinajstić information content (AvgIpc) is 2.25. The number of benzene rings is 1. The molecule has 5 nitrogen and oxygen atoms in total. The van der Waals surface area contributed by atoms with Crippen molar-refractivity contribution in [1.29, 1.82) is 0 Å². The van der Waals surface area contributed by atoms with Crippen molar-refractivity contribution in [3.63, 3.8) is 0 Å². The van der Waals surface area contributed by atoms with E-state index in [2.05, 4.69) is 0 Å². The maximum absolute atomic E-state index is 11.0. The summed E-state index contributed by atoms with van der Waals surface area (Å²) < 4.78 is 0. The lowest BCUT2D eigenvalue weighted by Gasteiger charge is -2.15. The van der Waals surface area contributed by atoms with E-state index in [1.54, 1.807) is 12.1 Å². The Morgan fingerprint density at radius 1 is 1.35 bits per heavy atom. The second-order valence-corrected chi connectivity index (χ2v) is 4.32. The first-order valence-corrected chi connectivity index (χ1v) is 5.38. The first-order chi connectivity index (χ1) is 7.91. The number of nitrogens with zero attached hydrogens (tertiary/aromatic N) is 1. The van der Waals surface area contributed by atoms with E-state index in [4.69, 9.17) is 5.11 Å². The third-order valence-corrected chi connectivity index (χ3v) is 2.72. The molecule has 0 aromatic heterocycles. The summed E-state index contributed by atoms with van der Waals surface area (Å²) in [6.07, 6.45) is 0.394. The van der Waals surface area contributed by atoms with Gasteiger partial charge in [-0.15, -0.1) is 0 Å². The minimum absolute atomic E-state index is 0.0187. The molecule has 0 heterocycles. The van der Waals surface area contributed by atoms with Gasteiger partial charge in [-0.2, -0.15) is 0 Å². The van der Waals surface area contributed by atoms with Crippen LogP contribution in [0.3, 0.4) is 0 Å². The highest BCUT2D eigenvalue weighted by atomic mass is 16.6. The third kappa shape index (κ3) is 3.55. The molecule has 0 aliphatic carbocycles. The van der Waals surface area contributed by atoms with Crippen LogP contribution in [-0.4, -0.2) is 16.0 Å². The molecule has 1 unspecified atom stereocenters. The highest BCUT2D eigenvalue weighted by Gasteiger charge is 2.21. The molecule has 0 saturated carbocycles. The number of carboxylic acid groups (broad SMARTS) is 1. The lowest BCUT2D eigenvalue weighted by molar-refractivity contribution is -0.384. The van der Waals surface area contributed by atoms with Gasteiger partial charge < -0.3 is 5.11 Å². The van der Waals surface area contributed by atoms with Gasteiger partial charge in [-0.3, -0.25) is 14.9 Å². The first kappa shape index (κ1) is 13.2. The molecule has 92 valence electrons. The predicted octanol–water partition coefficient (Wildman–Crippen LogP) is 2.49. The number of rotatable bonds is 5. The fraction of sp³-hybridized carbons (Fsp3) is 0.417. The van der Waals surface area contributed by atoms with Gasteiger partial charge in [-0.25, -0.2) is 0 Å². The van der Waals surface area contributed by atoms with E-state index in [9.17, 15) is 14.9 Å². The third-order valence-electron chi connectivity index (χ3n) is 2.72. The first-order valence-electron chi connectivity index (χ1n) is 5.38. The molecule has 1 aromatic carbocycles. The minimum Gasteiger partial charge on any atom is -0.481 e. The largest absolute Gasteiger partial charge is 0.481 e. The summed E-state index contributed by atoms with van der Waals surface area (Å²) in [5, 5.41) is 19.5. The Labute approximate surface area is 99.2 Å². The zero-order valence-corrected chi connectivity index (χ0v) is 9.79. The fourth-order valence-corrected chi connectivity index (χ4v) is 1.62. The van der Waals surface area contributed by atoms with Gasteiger partial charge >= 0.3 is 5.97 Å². The lowest BCUT2D eigenvalue weighted by Crippen LogP contribution is -2.22. The van der Waals surface area contributed by atoms with Gasteiger partial charge in [0, 0.05) is 12.1 Å². The van der Waals surface area contributed by atoms with Crippen LogP contribution < -0.4 is 0 Å². The second-order valence-electron chi connectivity index (χ2n) is 4.32. The molecule has 1 atom stereocenters. The number of hydrogen-bond acceptors (Lipinski definition) is 3. The van der Waals surface area contributed by atoms with E-state index in [1.165, 1.54) is 12.1 Å². The van der Waals surface area contributed by atoms with E-state index in [-0.39, 0.29) is 11.6 Å². The molecule has 1 aromatic rings. The number of carboxylic acids is 1. The molecule has 0 fully saturated rings. The number of carbonyl (C=O) groups is 1. The zero-order chi connectivity index (χ0) is 13.0. The maximum Gasteiger partial charge on any atom is 0.307 e. The van der Waals surface area contributed by atoms with Gasteiger partial charge in [-0.1, -0.05) is 26.0 Å². The van der Waals surface area contributed by atoms with Gasteiger partial charge in [0.05, 0.1) is 10.8 Å². The highest BCUT2D eigenvalue weighted by molar-refractivity contribution is 5.70. The minimum atomic E-state index is -0.835. The second kappa shape index (κ2) is 5.43. The highest BCUT2D eigenvalue weighted by Crippen LogP contribution is 2.19. The van der Waals surface area contributed by atoms with E-state index >= 15 is 0 Å². The van der Waals surface area contributed by atoms with Crippen LogP contribution in [0.2, 0.25) is 0 Å². The number of aliphatic carboxylic acids is 1. The summed E-state index contributed by atoms with van der Waals surface area (Å²) in [5.74, 6) is -1.27. The molecule has 5 heteroatoms. The predicted molar refractivity (Wildman–Crippen MR) is 62.8 cm³/mol. The standard InChI is InChI=1S/C12H15NO4/c1-8(2)11(12(14)15)7-9-3-5-10(6-4-9)13(16)17/h3-6,8,11H,7H2,1-2H3,(H,14,15). The number of hydrogen-bond donors (Lipinski definition) is 1. The summed E-state index contributed by atoms with van der Waals surface area (Å²) >= 11 is 0. The molecule has 1 N–H and O–H groups in total. The normalized spacial score (nSPS) is 12.4. The summed E-state index contributed by atoms with van der Waals surface area (Å²) in [5.41, 5.74) is 0.821. The van der Waals surface area contributed by atoms with Gasteiger partial charge in [-0.05, 0) is 17.9 Å². The van der Waals surface area contributed by atoms with Crippen molar-refractivity contribution >= 4 is 11.7 Å². The van der Waals surface area contributed by atoms with Crippen molar-refractivity contribution in [1.82, 2.24) is 0 Å². The van der Waals surface area contributed by atoms with Crippen molar-refractivity contribution in [2.75, 3.05) is 0 Å². The maximum atomic E-state index is 11.0. The summed E-state index contributed by atoms with van der Waals surface area (Å²) in [6.45, 7) is 3.70. The van der Waals surface area contributed by atoms with Crippen molar-refractivity contribution in [3.05, 3.63) is 39.9 Å². The van der Waals surface area contributed by atoms with Gasteiger partial charge in [0.1, 0.15) is 0 Å². The summed E-state index contributed by atoms with van der Waals surface area (Å²) in [6, 6.07) is 6.01. The fourth-order valence-electron chi connectivity index (χ4n) is 1.62. The summed E-state index contributed by atoms with van der Waals surface area (Å²) in [4.78, 5) is 21.0. The van der Waals surface area contributed by atoms with Gasteiger partial charge in [0.15, 0.2) is 0 Å². The van der Waals surface area contributed by atoms with Crippen LogP contribution >= 0.6 is 0 Å². The Balaban J connectivity index is 2.80. The lowest BCUT2D eigenvalue weighted by atomic mass is 9.89. The van der Waals surface area contributed by atoms with Crippen molar-refractivity contribution in [2.45, 2.75) is 20.3 Å². The molecule has 0 amide bonds. The molecule has 1 rings (SSSR count). The van der Waals surface area contributed by atoms with Gasteiger partial charge in [0.25, 0.3) is 5.69 Å². The molecule has 0 spiro atoms. The van der Waals surface area contributed by atoms with Gasteiger partial charge in [0.2, 0.25) is 0 Å². The van der Waals surface area contributed by atoms with Crippen LogP contribution in [0.5, 0.6) is 0 Å². The Hall–Kier alpha value is -1.91. The Kier molecular flexibility index (Phi) is 4.20. The zero-order valence-electron chi connectivity index (χ0n) is 9.79. The SMILES string of the molecule is CC(C)C(Cc1ccc([N+](=O)[O-])cc1)C(=O)O. The Morgan fingerprint density at radius 2 is 1.88 bits per heavy atom. The Morgan fingerprint density at radius 3 is 2.24 bits per heavy atom. The molecule has 0 bridgehead atoms.